The standard InChI is InChI=1S/C26H36O2S6/c1-25(17-29-13-21(27)15-31-23-9-5-3-6-10-23)19-34-26(2,20-33-25)18-30-14-22(28)16-32-24-11-7-4-8-12-24/h3-12,21-22,27-28H,13-20H2,1-2H3. The molecule has 3 rings (SSSR count). The Labute approximate surface area is 231 Å². The van der Waals surface area contributed by atoms with E-state index < -0.39 is 0 Å². The molecule has 8 heteroatoms. The summed E-state index contributed by atoms with van der Waals surface area (Å²) >= 11 is 11.4. The van der Waals surface area contributed by atoms with Gasteiger partial charge in [-0.25, -0.2) is 0 Å². The lowest BCUT2D eigenvalue weighted by molar-refractivity contribution is 0.224. The highest BCUT2D eigenvalue weighted by molar-refractivity contribution is 8.10. The van der Waals surface area contributed by atoms with E-state index in [0.717, 1.165) is 46.0 Å². The summed E-state index contributed by atoms with van der Waals surface area (Å²) in [5.74, 6) is 7.54. The second-order valence-electron chi connectivity index (χ2n) is 9.06. The van der Waals surface area contributed by atoms with Crippen LogP contribution in [-0.4, -0.2) is 77.9 Å². The summed E-state index contributed by atoms with van der Waals surface area (Å²) in [5.41, 5.74) is 0. The monoisotopic (exact) mass is 572 g/mol. The van der Waals surface area contributed by atoms with Gasteiger partial charge in [-0.1, -0.05) is 36.4 Å². The second-order valence-corrected chi connectivity index (χ2v) is 16.4. The maximum atomic E-state index is 10.4. The van der Waals surface area contributed by atoms with Crippen molar-refractivity contribution in [2.24, 2.45) is 0 Å². The number of aliphatic hydroxyl groups excluding tert-OH is 2. The molecular formula is C26H36O2S6. The first-order chi connectivity index (χ1) is 16.4. The molecule has 0 spiro atoms. The Bertz CT molecular complexity index is 745. The first-order valence-electron chi connectivity index (χ1n) is 11.5. The predicted octanol–water partition coefficient (Wildman–Crippen LogP) is 6.76. The molecule has 4 atom stereocenters. The molecule has 2 aromatic carbocycles. The van der Waals surface area contributed by atoms with Crippen LogP contribution in [0.25, 0.3) is 0 Å². The Morgan fingerprint density at radius 2 is 1.06 bits per heavy atom. The zero-order chi connectivity index (χ0) is 24.3. The molecule has 2 nitrogen and oxygen atoms in total. The lowest BCUT2D eigenvalue weighted by Crippen LogP contribution is -2.41. The summed E-state index contributed by atoms with van der Waals surface area (Å²) in [4.78, 5) is 2.44. The highest BCUT2D eigenvalue weighted by atomic mass is 32.2. The summed E-state index contributed by atoms with van der Waals surface area (Å²) in [5, 5.41) is 20.7. The van der Waals surface area contributed by atoms with Crippen LogP contribution in [-0.2, 0) is 0 Å². The predicted molar refractivity (Wildman–Crippen MR) is 163 cm³/mol. The zero-order valence-electron chi connectivity index (χ0n) is 19.9. The van der Waals surface area contributed by atoms with Crippen molar-refractivity contribution < 1.29 is 10.2 Å². The number of benzene rings is 2. The summed E-state index contributed by atoms with van der Waals surface area (Å²) < 4.78 is 0.523. The van der Waals surface area contributed by atoms with Gasteiger partial charge in [0.1, 0.15) is 0 Å². The topological polar surface area (TPSA) is 40.5 Å². The van der Waals surface area contributed by atoms with Crippen LogP contribution in [0.1, 0.15) is 13.8 Å². The van der Waals surface area contributed by atoms with E-state index in [0.29, 0.717) is 0 Å². The first-order valence-corrected chi connectivity index (χ1v) is 17.8. The van der Waals surface area contributed by atoms with Crippen molar-refractivity contribution in [1.82, 2.24) is 0 Å². The van der Waals surface area contributed by atoms with Gasteiger partial charge >= 0.3 is 0 Å². The van der Waals surface area contributed by atoms with Crippen molar-refractivity contribution in [3.8, 4) is 0 Å². The van der Waals surface area contributed by atoms with Crippen molar-refractivity contribution in [1.29, 1.82) is 0 Å². The Kier molecular flexibility index (Phi) is 12.8. The van der Waals surface area contributed by atoms with Gasteiger partial charge in [-0.15, -0.1) is 23.5 Å². The second kappa shape index (κ2) is 15.0. The van der Waals surface area contributed by atoms with Crippen LogP contribution >= 0.6 is 70.6 Å². The molecule has 4 unspecified atom stereocenters. The number of hydrogen-bond donors (Lipinski definition) is 2. The first kappa shape index (κ1) is 29.0. The molecular weight excluding hydrogens is 537 g/mol. The van der Waals surface area contributed by atoms with E-state index in [-0.39, 0.29) is 21.7 Å². The van der Waals surface area contributed by atoms with Crippen LogP contribution in [0.4, 0.5) is 0 Å². The van der Waals surface area contributed by atoms with Gasteiger partial charge in [-0.3, -0.25) is 0 Å². The summed E-state index contributed by atoms with van der Waals surface area (Å²) in [6, 6.07) is 20.6. The molecule has 2 aromatic rings. The number of hydrogen-bond acceptors (Lipinski definition) is 8. The van der Waals surface area contributed by atoms with Gasteiger partial charge < -0.3 is 10.2 Å². The average Bonchev–Trinajstić information content (AvgIpc) is 2.85. The fraction of sp³-hybridized carbons (Fsp3) is 0.538. The van der Waals surface area contributed by atoms with Crippen LogP contribution in [0.15, 0.2) is 70.5 Å². The van der Waals surface area contributed by atoms with E-state index in [2.05, 4.69) is 61.6 Å². The van der Waals surface area contributed by atoms with Crippen molar-refractivity contribution in [2.45, 2.75) is 45.3 Å². The van der Waals surface area contributed by atoms with Crippen LogP contribution in [0, 0.1) is 0 Å². The van der Waals surface area contributed by atoms with Gasteiger partial charge in [0.15, 0.2) is 0 Å². The quantitative estimate of drug-likeness (QED) is 0.241. The molecule has 0 amide bonds. The molecule has 0 saturated carbocycles. The van der Waals surface area contributed by atoms with Gasteiger partial charge in [0.25, 0.3) is 0 Å². The molecule has 1 fully saturated rings. The molecule has 1 heterocycles. The molecule has 0 radical (unpaired) electrons. The minimum absolute atomic E-state index is 0.262. The van der Waals surface area contributed by atoms with Gasteiger partial charge in [0.05, 0.1) is 12.2 Å². The summed E-state index contributed by atoms with van der Waals surface area (Å²) in [6.07, 6.45) is -0.540. The van der Waals surface area contributed by atoms with E-state index in [1.165, 1.54) is 9.79 Å². The van der Waals surface area contributed by atoms with Gasteiger partial charge in [-0.05, 0) is 38.1 Å². The van der Waals surface area contributed by atoms with Gasteiger partial charge in [0, 0.05) is 65.3 Å². The molecule has 188 valence electrons. The molecule has 2 N–H and O–H groups in total. The van der Waals surface area contributed by atoms with Gasteiger partial charge in [-0.2, -0.15) is 47.0 Å². The summed E-state index contributed by atoms with van der Waals surface area (Å²) in [7, 11) is 0. The molecule has 0 aliphatic carbocycles. The SMILES string of the molecule is CC1(CSCC(O)CSc2ccccc2)CSC(C)(CSCC(O)CSc2ccccc2)CS1. The van der Waals surface area contributed by atoms with E-state index in [1.807, 2.05) is 59.9 Å². The van der Waals surface area contributed by atoms with Crippen molar-refractivity contribution >= 4 is 70.6 Å². The smallest absolute Gasteiger partial charge is 0.0724 e. The fourth-order valence-corrected chi connectivity index (χ4v) is 11.3. The third kappa shape index (κ3) is 10.8. The molecule has 1 saturated heterocycles. The molecule has 0 bridgehead atoms. The average molecular weight is 573 g/mol. The number of rotatable bonds is 14. The molecule has 1 aliphatic heterocycles. The molecule has 1 aliphatic rings. The third-order valence-electron chi connectivity index (χ3n) is 5.26. The number of thioether (sulfide) groups is 6. The highest BCUT2D eigenvalue weighted by Gasteiger charge is 2.38. The third-order valence-corrected chi connectivity index (χ3v) is 14.8. The van der Waals surface area contributed by atoms with Crippen LogP contribution in [0.3, 0.4) is 0 Å². The Morgan fingerprint density at radius 3 is 1.41 bits per heavy atom. The molecule has 0 aromatic heterocycles. The molecule has 34 heavy (non-hydrogen) atoms. The van der Waals surface area contributed by atoms with Crippen LogP contribution in [0.2, 0.25) is 0 Å². The lowest BCUT2D eigenvalue weighted by atomic mass is 10.2. The van der Waals surface area contributed by atoms with Crippen LogP contribution < -0.4 is 0 Å². The van der Waals surface area contributed by atoms with Crippen molar-refractivity contribution in [3.05, 3.63) is 60.7 Å². The Balaban J connectivity index is 1.27. The van der Waals surface area contributed by atoms with Crippen LogP contribution in [0.5, 0.6) is 0 Å². The fourth-order valence-electron chi connectivity index (χ4n) is 3.24. The van der Waals surface area contributed by atoms with Gasteiger partial charge in [0.2, 0.25) is 0 Å². The van der Waals surface area contributed by atoms with Crippen molar-refractivity contribution in [2.75, 3.05) is 46.0 Å². The van der Waals surface area contributed by atoms with Crippen molar-refractivity contribution in [3.63, 3.8) is 0 Å². The highest BCUT2D eigenvalue weighted by Crippen LogP contribution is 2.47. The summed E-state index contributed by atoms with van der Waals surface area (Å²) in [6.45, 7) is 4.75. The van der Waals surface area contributed by atoms with E-state index in [1.54, 1.807) is 23.5 Å². The van der Waals surface area contributed by atoms with E-state index >= 15 is 0 Å². The maximum Gasteiger partial charge on any atom is 0.0724 e. The largest absolute Gasteiger partial charge is 0.391 e. The minimum Gasteiger partial charge on any atom is -0.391 e. The lowest BCUT2D eigenvalue weighted by Gasteiger charge is -2.42. The minimum atomic E-state index is -0.270. The van der Waals surface area contributed by atoms with E-state index in [4.69, 9.17) is 0 Å². The Hall–Kier alpha value is 0.460. The number of aliphatic hydroxyl groups is 2. The maximum absolute atomic E-state index is 10.4. The normalized spacial score (nSPS) is 24.6. The Morgan fingerprint density at radius 1 is 0.676 bits per heavy atom. The zero-order valence-corrected chi connectivity index (χ0v) is 24.8. The van der Waals surface area contributed by atoms with E-state index in [9.17, 15) is 10.2 Å².